The number of rotatable bonds is 4. The Hall–Kier alpha value is -1.95. The van der Waals surface area contributed by atoms with E-state index in [2.05, 4.69) is 9.97 Å². The van der Waals surface area contributed by atoms with Gasteiger partial charge >= 0.3 is 0 Å². The standard InChI is InChI=1S/C18H20FN3OS/c19-15-7-5-14(6-8-15)16-9-10-20-18(21-16)24-13-17(23)22-11-3-1-2-4-12-22/h5-10H,1-4,11-13H2. The number of halogens is 1. The van der Waals surface area contributed by atoms with Gasteiger partial charge in [-0.15, -0.1) is 0 Å². The Bertz CT molecular complexity index is 685. The normalized spacial score (nSPS) is 15.1. The second-order valence-electron chi connectivity index (χ2n) is 5.82. The highest BCUT2D eigenvalue weighted by molar-refractivity contribution is 7.99. The Kier molecular flexibility index (Phi) is 5.80. The van der Waals surface area contributed by atoms with E-state index in [1.807, 2.05) is 4.90 Å². The van der Waals surface area contributed by atoms with Crippen LogP contribution in [0.15, 0.2) is 41.7 Å². The second-order valence-corrected chi connectivity index (χ2v) is 6.76. The lowest BCUT2D eigenvalue weighted by atomic mass is 10.1. The molecule has 1 aromatic heterocycles. The number of aromatic nitrogens is 2. The first-order valence-corrected chi connectivity index (χ1v) is 9.20. The first-order chi connectivity index (χ1) is 11.7. The molecule has 1 aliphatic heterocycles. The molecule has 2 aromatic rings. The van der Waals surface area contributed by atoms with E-state index in [1.54, 1.807) is 24.4 Å². The molecule has 0 atom stereocenters. The van der Waals surface area contributed by atoms with E-state index >= 15 is 0 Å². The molecule has 1 aromatic carbocycles. The molecule has 0 unspecified atom stereocenters. The van der Waals surface area contributed by atoms with E-state index in [-0.39, 0.29) is 11.7 Å². The average Bonchev–Trinajstić information content (AvgIpc) is 2.90. The molecule has 0 radical (unpaired) electrons. The number of thioether (sulfide) groups is 1. The van der Waals surface area contributed by atoms with E-state index in [0.717, 1.165) is 37.2 Å². The lowest BCUT2D eigenvalue weighted by Crippen LogP contribution is -2.33. The van der Waals surface area contributed by atoms with Crippen LogP contribution in [0.3, 0.4) is 0 Å². The highest BCUT2D eigenvalue weighted by Gasteiger charge is 2.16. The molecule has 1 amide bonds. The molecule has 1 fully saturated rings. The van der Waals surface area contributed by atoms with E-state index in [1.165, 1.54) is 36.7 Å². The molecule has 126 valence electrons. The summed E-state index contributed by atoms with van der Waals surface area (Å²) in [6, 6.07) is 7.98. The molecule has 1 saturated heterocycles. The molecular weight excluding hydrogens is 325 g/mol. The molecular formula is C18H20FN3OS. The first-order valence-electron chi connectivity index (χ1n) is 8.22. The van der Waals surface area contributed by atoms with Crippen molar-refractivity contribution in [2.24, 2.45) is 0 Å². The van der Waals surface area contributed by atoms with Crippen molar-refractivity contribution in [3.63, 3.8) is 0 Å². The number of hydrogen-bond acceptors (Lipinski definition) is 4. The minimum absolute atomic E-state index is 0.151. The molecule has 1 aliphatic rings. The Balaban J connectivity index is 1.62. The fraction of sp³-hybridized carbons (Fsp3) is 0.389. The van der Waals surface area contributed by atoms with Crippen LogP contribution in [0.2, 0.25) is 0 Å². The number of hydrogen-bond donors (Lipinski definition) is 0. The number of benzene rings is 1. The zero-order chi connectivity index (χ0) is 16.8. The topological polar surface area (TPSA) is 46.1 Å². The summed E-state index contributed by atoms with van der Waals surface area (Å²) in [5.74, 6) is 0.232. The predicted octanol–water partition coefficient (Wildman–Crippen LogP) is 3.78. The van der Waals surface area contributed by atoms with Crippen LogP contribution in [0.1, 0.15) is 25.7 Å². The summed E-state index contributed by atoms with van der Waals surface area (Å²) in [5, 5.41) is 0.569. The zero-order valence-corrected chi connectivity index (χ0v) is 14.3. The number of likely N-dealkylation sites (tertiary alicyclic amines) is 1. The number of amides is 1. The lowest BCUT2D eigenvalue weighted by Gasteiger charge is -2.19. The number of carbonyl (C=O) groups is 1. The predicted molar refractivity (Wildman–Crippen MR) is 93.2 cm³/mol. The van der Waals surface area contributed by atoms with Gasteiger partial charge in [0.1, 0.15) is 5.82 Å². The molecule has 3 rings (SSSR count). The second kappa shape index (κ2) is 8.24. The minimum atomic E-state index is -0.273. The van der Waals surface area contributed by atoms with E-state index in [9.17, 15) is 9.18 Å². The summed E-state index contributed by atoms with van der Waals surface area (Å²) in [7, 11) is 0. The maximum Gasteiger partial charge on any atom is 0.233 e. The molecule has 0 spiro atoms. The molecule has 4 nitrogen and oxygen atoms in total. The van der Waals surface area contributed by atoms with Gasteiger partial charge in [-0.05, 0) is 43.2 Å². The molecule has 0 saturated carbocycles. The Morgan fingerprint density at radius 2 is 1.79 bits per heavy atom. The highest BCUT2D eigenvalue weighted by atomic mass is 32.2. The van der Waals surface area contributed by atoms with Gasteiger partial charge in [0.2, 0.25) is 5.91 Å². The number of nitrogens with zero attached hydrogens (tertiary/aromatic N) is 3. The monoisotopic (exact) mass is 345 g/mol. The van der Waals surface area contributed by atoms with Gasteiger partial charge in [-0.3, -0.25) is 4.79 Å². The van der Waals surface area contributed by atoms with Gasteiger partial charge in [0.05, 0.1) is 11.4 Å². The first kappa shape index (κ1) is 16.9. The van der Waals surface area contributed by atoms with Crippen molar-refractivity contribution >= 4 is 17.7 Å². The SMILES string of the molecule is O=C(CSc1nccc(-c2ccc(F)cc2)n1)N1CCCCCC1. The van der Waals surface area contributed by atoms with Crippen molar-refractivity contribution in [3.05, 3.63) is 42.3 Å². The van der Waals surface area contributed by atoms with Crippen LogP contribution in [-0.2, 0) is 4.79 Å². The third-order valence-corrected chi connectivity index (χ3v) is 4.90. The summed E-state index contributed by atoms with van der Waals surface area (Å²) < 4.78 is 13.0. The van der Waals surface area contributed by atoms with Crippen molar-refractivity contribution < 1.29 is 9.18 Å². The summed E-state index contributed by atoms with van der Waals surface area (Å²) >= 11 is 1.35. The Labute approximate surface area is 145 Å². The molecule has 6 heteroatoms. The van der Waals surface area contributed by atoms with Crippen LogP contribution in [-0.4, -0.2) is 39.6 Å². The Morgan fingerprint density at radius 1 is 1.08 bits per heavy atom. The summed E-state index contributed by atoms with van der Waals surface area (Å²) in [4.78, 5) is 23.0. The summed E-state index contributed by atoms with van der Waals surface area (Å²) in [6.07, 6.45) is 6.27. The van der Waals surface area contributed by atoms with Crippen LogP contribution in [0, 0.1) is 5.82 Å². The van der Waals surface area contributed by atoms with Crippen LogP contribution in [0.25, 0.3) is 11.3 Å². The third-order valence-electron chi connectivity index (χ3n) is 4.06. The van der Waals surface area contributed by atoms with Gasteiger partial charge in [0, 0.05) is 24.8 Å². The highest BCUT2D eigenvalue weighted by Crippen LogP contribution is 2.21. The van der Waals surface area contributed by atoms with Crippen molar-refractivity contribution in [1.29, 1.82) is 0 Å². The molecule has 0 aliphatic carbocycles. The van der Waals surface area contributed by atoms with E-state index < -0.39 is 0 Å². The summed E-state index contributed by atoms with van der Waals surface area (Å²) in [6.45, 7) is 1.71. The van der Waals surface area contributed by atoms with Gasteiger partial charge in [-0.1, -0.05) is 24.6 Å². The van der Waals surface area contributed by atoms with E-state index in [0.29, 0.717) is 10.9 Å². The van der Waals surface area contributed by atoms with Crippen LogP contribution < -0.4 is 0 Å². The maximum atomic E-state index is 13.0. The van der Waals surface area contributed by atoms with Crippen molar-refractivity contribution in [1.82, 2.24) is 14.9 Å². The quantitative estimate of drug-likeness (QED) is 0.625. The fourth-order valence-electron chi connectivity index (χ4n) is 2.73. The Morgan fingerprint density at radius 3 is 2.50 bits per heavy atom. The van der Waals surface area contributed by atoms with Gasteiger partial charge in [0.25, 0.3) is 0 Å². The minimum Gasteiger partial charge on any atom is -0.342 e. The lowest BCUT2D eigenvalue weighted by molar-refractivity contribution is -0.128. The largest absolute Gasteiger partial charge is 0.342 e. The van der Waals surface area contributed by atoms with Crippen LogP contribution in [0.5, 0.6) is 0 Å². The van der Waals surface area contributed by atoms with Gasteiger partial charge in [0.15, 0.2) is 5.16 Å². The third kappa shape index (κ3) is 4.54. The van der Waals surface area contributed by atoms with Crippen LogP contribution >= 0.6 is 11.8 Å². The smallest absolute Gasteiger partial charge is 0.233 e. The van der Waals surface area contributed by atoms with Crippen molar-refractivity contribution in [3.8, 4) is 11.3 Å². The van der Waals surface area contributed by atoms with Crippen molar-refractivity contribution in [2.75, 3.05) is 18.8 Å². The van der Waals surface area contributed by atoms with E-state index in [4.69, 9.17) is 0 Å². The average molecular weight is 345 g/mol. The zero-order valence-electron chi connectivity index (χ0n) is 13.4. The summed E-state index contributed by atoms with van der Waals surface area (Å²) in [5.41, 5.74) is 1.56. The van der Waals surface area contributed by atoms with Gasteiger partial charge in [-0.25, -0.2) is 14.4 Å². The number of carbonyl (C=O) groups excluding carboxylic acids is 1. The molecule has 0 bridgehead atoms. The molecule has 0 N–H and O–H groups in total. The molecule has 24 heavy (non-hydrogen) atoms. The van der Waals surface area contributed by atoms with Gasteiger partial charge in [-0.2, -0.15) is 0 Å². The molecule has 2 heterocycles. The maximum absolute atomic E-state index is 13.0. The van der Waals surface area contributed by atoms with Gasteiger partial charge < -0.3 is 4.90 Å². The van der Waals surface area contributed by atoms with Crippen LogP contribution in [0.4, 0.5) is 4.39 Å². The van der Waals surface area contributed by atoms with Crippen molar-refractivity contribution in [2.45, 2.75) is 30.8 Å². The fourth-order valence-corrected chi connectivity index (χ4v) is 3.46.